The number of imidazole rings is 1. The molecule has 1 aliphatic rings. The minimum absolute atomic E-state index is 0.242. The van der Waals surface area contributed by atoms with Crippen LogP contribution in [0.3, 0.4) is 0 Å². The molecule has 8 nitrogen and oxygen atoms in total. The predicted octanol–water partition coefficient (Wildman–Crippen LogP) is 4.71. The van der Waals surface area contributed by atoms with Crippen LogP contribution in [0.4, 0.5) is 23.9 Å². The van der Waals surface area contributed by atoms with Gasteiger partial charge in [-0.15, -0.1) is 0 Å². The van der Waals surface area contributed by atoms with Crippen molar-refractivity contribution in [1.29, 1.82) is 5.26 Å². The minimum Gasteiger partial charge on any atom is -0.361 e. The summed E-state index contributed by atoms with van der Waals surface area (Å²) in [6.45, 7) is 6.03. The molecule has 0 radical (unpaired) electrons. The number of halogens is 3. The Labute approximate surface area is 201 Å². The maximum Gasteiger partial charge on any atom is 0.433 e. The number of anilines is 1. The van der Waals surface area contributed by atoms with E-state index in [2.05, 4.69) is 41.0 Å². The second kappa shape index (κ2) is 8.97. The maximum absolute atomic E-state index is 13.7. The molecule has 1 N–H and O–H groups in total. The Morgan fingerprint density at radius 2 is 1.97 bits per heavy atom. The molecule has 35 heavy (non-hydrogen) atoms. The quantitative estimate of drug-likeness (QED) is 0.373. The van der Waals surface area contributed by atoms with Gasteiger partial charge in [0, 0.05) is 38.0 Å². The highest BCUT2D eigenvalue weighted by Crippen LogP contribution is 2.37. The summed E-state index contributed by atoms with van der Waals surface area (Å²) in [7, 11) is -1.45. The third-order valence-corrected chi connectivity index (χ3v) is 7.57. The summed E-state index contributed by atoms with van der Waals surface area (Å²) in [4.78, 5) is 22.1. The van der Waals surface area contributed by atoms with Gasteiger partial charge >= 0.3 is 12.2 Å². The number of nitrogens with zero attached hydrogens (tertiary/aromatic N) is 5. The number of pyridine rings is 1. The fourth-order valence-corrected chi connectivity index (χ4v) is 4.72. The summed E-state index contributed by atoms with van der Waals surface area (Å²) in [6, 6.07) is 9.43. The number of hydrogen-bond acceptors (Lipinski definition) is 5. The number of hydrogen-bond donors (Lipinski definition) is 1. The fraction of sp³-hybridized carbons (Fsp3) is 0.391. The van der Waals surface area contributed by atoms with Crippen molar-refractivity contribution in [3.05, 3.63) is 54.1 Å². The Hall–Kier alpha value is -3.43. The van der Waals surface area contributed by atoms with Crippen LogP contribution in [0.25, 0.3) is 10.8 Å². The van der Waals surface area contributed by atoms with Gasteiger partial charge in [-0.1, -0.05) is 43.9 Å². The molecule has 12 heteroatoms. The molecule has 0 aliphatic carbocycles. The van der Waals surface area contributed by atoms with Crippen molar-refractivity contribution >= 4 is 30.8 Å². The zero-order valence-corrected chi connectivity index (χ0v) is 20.6. The Morgan fingerprint density at radius 3 is 2.66 bits per heavy atom. The molecule has 0 saturated carbocycles. The molecule has 2 aromatic heterocycles. The first-order chi connectivity index (χ1) is 16.5. The number of nitriles is 1. The van der Waals surface area contributed by atoms with Crippen LogP contribution in [0.1, 0.15) is 11.3 Å². The summed E-state index contributed by atoms with van der Waals surface area (Å²) in [5.41, 5.74) is -2.11. The average molecular weight is 503 g/mol. The Morgan fingerprint density at radius 1 is 1.23 bits per heavy atom. The number of urea groups is 1. The molecule has 1 aromatic carbocycles. The molecule has 0 spiro atoms. The summed E-state index contributed by atoms with van der Waals surface area (Å²) in [6.07, 6.45) is -0.896. The molecule has 0 bridgehead atoms. The van der Waals surface area contributed by atoms with Crippen LogP contribution in [0.2, 0.25) is 25.7 Å². The van der Waals surface area contributed by atoms with E-state index in [1.54, 1.807) is 18.3 Å². The number of carbonyl (C=O) groups excluding carboxylic acids is 1. The van der Waals surface area contributed by atoms with Crippen molar-refractivity contribution in [2.24, 2.45) is 0 Å². The van der Waals surface area contributed by atoms with Gasteiger partial charge in [0.15, 0.2) is 5.54 Å². The first kappa shape index (κ1) is 24.7. The van der Waals surface area contributed by atoms with Crippen molar-refractivity contribution < 1.29 is 22.7 Å². The Bertz CT molecular complexity index is 1290. The van der Waals surface area contributed by atoms with E-state index >= 15 is 0 Å². The van der Waals surface area contributed by atoms with Gasteiger partial charge in [0.2, 0.25) is 5.95 Å². The van der Waals surface area contributed by atoms with Gasteiger partial charge in [0.05, 0.1) is 18.8 Å². The summed E-state index contributed by atoms with van der Waals surface area (Å²) in [5, 5.41) is 14.2. The van der Waals surface area contributed by atoms with Crippen LogP contribution in [0.15, 0.2) is 42.9 Å². The molecule has 1 aliphatic heterocycles. The largest absolute Gasteiger partial charge is 0.433 e. The van der Waals surface area contributed by atoms with Gasteiger partial charge < -0.3 is 10.1 Å². The summed E-state index contributed by atoms with van der Waals surface area (Å²) >= 11 is 0. The number of aromatic nitrogens is 3. The van der Waals surface area contributed by atoms with E-state index in [1.165, 1.54) is 6.20 Å². The zero-order valence-electron chi connectivity index (χ0n) is 19.6. The highest BCUT2D eigenvalue weighted by molar-refractivity contribution is 6.76. The van der Waals surface area contributed by atoms with E-state index in [-0.39, 0.29) is 12.5 Å². The highest BCUT2D eigenvalue weighted by atomic mass is 28.3. The molecule has 184 valence electrons. The predicted molar refractivity (Wildman–Crippen MR) is 126 cm³/mol. The van der Waals surface area contributed by atoms with Crippen LogP contribution in [0.5, 0.6) is 0 Å². The number of benzene rings is 1. The van der Waals surface area contributed by atoms with Gasteiger partial charge in [0.25, 0.3) is 0 Å². The second-order valence-electron chi connectivity index (χ2n) is 9.66. The molecule has 1 unspecified atom stereocenters. The van der Waals surface area contributed by atoms with E-state index in [9.17, 15) is 23.2 Å². The number of fused-ring (bicyclic) bond motifs is 1. The topological polar surface area (TPSA) is 96.1 Å². The van der Waals surface area contributed by atoms with Crippen LogP contribution < -0.4 is 10.2 Å². The van der Waals surface area contributed by atoms with Gasteiger partial charge in [-0.25, -0.2) is 9.78 Å². The van der Waals surface area contributed by atoms with E-state index in [1.807, 2.05) is 12.1 Å². The van der Waals surface area contributed by atoms with E-state index < -0.39 is 38.2 Å². The highest BCUT2D eigenvalue weighted by Gasteiger charge is 2.48. The molecule has 2 amide bonds. The molecular formula is C23H25F3N6O2Si. The third-order valence-electron chi connectivity index (χ3n) is 5.86. The second-order valence-corrected chi connectivity index (χ2v) is 15.3. The average Bonchev–Trinajstić information content (AvgIpc) is 3.37. The van der Waals surface area contributed by atoms with Crippen LogP contribution in [-0.4, -0.2) is 41.8 Å². The van der Waals surface area contributed by atoms with Crippen LogP contribution in [-0.2, 0) is 23.2 Å². The third kappa shape index (κ3) is 4.87. The van der Waals surface area contributed by atoms with E-state index in [4.69, 9.17) is 4.74 Å². The lowest BCUT2D eigenvalue weighted by atomic mass is 9.90. The van der Waals surface area contributed by atoms with Crippen molar-refractivity contribution in [1.82, 2.24) is 19.9 Å². The van der Waals surface area contributed by atoms with Gasteiger partial charge in [-0.05, 0) is 11.4 Å². The SMILES string of the molecule is C[Si](C)(C)CCOCn1c(C(F)(F)F)cnc1N1CC(C#N)(c2cncc3ccccc23)NC1=O. The molecular weight excluding hydrogens is 477 g/mol. The lowest BCUT2D eigenvalue weighted by molar-refractivity contribution is -0.145. The van der Waals surface area contributed by atoms with Crippen LogP contribution in [0, 0.1) is 11.3 Å². The smallest absolute Gasteiger partial charge is 0.361 e. The number of alkyl halides is 3. The van der Waals surface area contributed by atoms with Gasteiger partial charge in [-0.2, -0.15) is 18.4 Å². The number of carbonyl (C=O) groups is 1. The zero-order chi connectivity index (χ0) is 25.4. The van der Waals surface area contributed by atoms with Crippen molar-refractivity contribution in [3.63, 3.8) is 0 Å². The lowest BCUT2D eigenvalue weighted by Crippen LogP contribution is -2.39. The lowest BCUT2D eigenvalue weighted by Gasteiger charge is -2.23. The minimum atomic E-state index is -4.70. The van der Waals surface area contributed by atoms with Crippen molar-refractivity contribution in [3.8, 4) is 6.07 Å². The molecule has 3 heterocycles. The molecule has 1 atom stereocenters. The van der Waals surface area contributed by atoms with E-state index in [0.29, 0.717) is 23.8 Å². The number of ether oxygens (including phenoxy) is 1. The standard InChI is InChI=1S/C23H25F3N6O2Si/c1-35(2,3)9-8-34-15-32-19(23(24,25)26)12-29-20(32)31-14-22(13-27,30-21(31)33)18-11-28-10-16-6-4-5-7-17(16)18/h4-7,10-12H,8-9,14-15H2,1-3H3,(H,30,33). The summed E-state index contributed by atoms with van der Waals surface area (Å²) < 4.78 is 47.5. The molecule has 3 aromatic rings. The van der Waals surface area contributed by atoms with Crippen LogP contribution >= 0.6 is 0 Å². The molecule has 4 rings (SSSR count). The van der Waals surface area contributed by atoms with E-state index in [0.717, 1.165) is 20.9 Å². The molecule has 1 saturated heterocycles. The monoisotopic (exact) mass is 502 g/mol. The number of amides is 2. The van der Waals surface area contributed by atoms with Crippen molar-refractivity contribution in [2.75, 3.05) is 18.1 Å². The van der Waals surface area contributed by atoms with Gasteiger partial charge in [0.1, 0.15) is 12.4 Å². The number of rotatable bonds is 7. The Balaban J connectivity index is 1.69. The molecule has 1 fully saturated rings. The van der Waals surface area contributed by atoms with Crippen molar-refractivity contribution in [2.45, 2.75) is 44.1 Å². The first-order valence-electron chi connectivity index (χ1n) is 11.0. The first-order valence-corrected chi connectivity index (χ1v) is 14.7. The Kier molecular flexibility index (Phi) is 6.33. The summed E-state index contributed by atoms with van der Waals surface area (Å²) in [5.74, 6) is -0.242. The van der Waals surface area contributed by atoms with Gasteiger partial charge in [-0.3, -0.25) is 14.5 Å². The maximum atomic E-state index is 13.7. The normalized spacial score (nSPS) is 18.7. The number of nitrogens with one attached hydrogen (secondary N) is 1. The fourth-order valence-electron chi connectivity index (χ4n) is 3.96.